The van der Waals surface area contributed by atoms with E-state index in [1.54, 1.807) is 20.0 Å². The van der Waals surface area contributed by atoms with Gasteiger partial charge in [-0.1, -0.05) is 6.08 Å². The highest BCUT2D eigenvalue weighted by molar-refractivity contribution is 5.82. The minimum absolute atomic E-state index is 0.170. The Hall–Kier alpha value is -1.36. The zero-order valence-corrected chi connectivity index (χ0v) is 11.8. The number of carbonyl (C=O) groups is 2. The zero-order chi connectivity index (χ0) is 14.2. The van der Waals surface area contributed by atoms with E-state index < -0.39 is 11.6 Å². The van der Waals surface area contributed by atoms with Gasteiger partial charge in [-0.2, -0.15) is 0 Å². The van der Waals surface area contributed by atoms with E-state index in [9.17, 15) is 9.59 Å². The molecule has 1 atom stereocenters. The molecule has 0 unspecified atom stereocenters. The van der Waals surface area contributed by atoms with Crippen molar-refractivity contribution in [3.63, 3.8) is 0 Å². The SMILES string of the molecule is CCOC(=O)/C=C/[C@H](CC(=O)OC(C)(C)C)NC. The number of rotatable bonds is 6. The average Bonchev–Trinajstić information content (AvgIpc) is 2.22. The first kappa shape index (κ1) is 16.6. The molecule has 1 N–H and O–H groups in total. The van der Waals surface area contributed by atoms with Gasteiger partial charge in [0, 0.05) is 12.1 Å². The fourth-order valence-electron chi connectivity index (χ4n) is 1.21. The van der Waals surface area contributed by atoms with Gasteiger partial charge in [-0.25, -0.2) is 4.79 Å². The van der Waals surface area contributed by atoms with E-state index in [2.05, 4.69) is 5.32 Å². The average molecular weight is 257 g/mol. The summed E-state index contributed by atoms with van der Waals surface area (Å²) in [5.74, 6) is -0.725. The number of hydrogen-bond acceptors (Lipinski definition) is 5. The smallest absolute Gasteiger partial charge is 0.330 e. The van der Waals surface area contributed by atoms with Gasteiger partial charge in [0.1, 0.15) is 5.60 Å². The Morgan fingerprint density at radius 1 is 1.33 bits per heavy atom. The van der Waals surface area contributed by atoms with Crippen LogP contribution in [0.4, 0.5) is 0 Å². The van der Waals surface area contributed by atoms with Crippen LogP contribution in [0.5, 0.6) is 0 Å². The zero-order valence-electron chi connectivity index (χ0n) is 11.8. The van der Waals surface area contributed by atoms with Crippen LogP contribution in [0.15, 0.2) is 12.2 Å². The van der Waals surface area contributed by atoms with E-state index in [4.69, 9.17) is 9.47 Å². The molecular formula is C13H23NO4. The summed E-state index contributed by atoms with van der Waals surface area (Å²) >= 11 is 0. The molecule has 0 heterocycles. The van der Waals surface area contributed by atoms with E-state index in [1.165, 1.54) is 6.08 Å². The van der Waals surface area contributed by atoms with Gasteiger partial charge in [-0.05, 0) is 34.7 Å². The Morgan fingerprint density at radius 2 is 1.94 bits per heavy atom. The van der Waals surface area contributed by atoms with Gasteiger partial charge >= 0.3 is 11.9 Å². The number of ether oxygens (including phenoxy) is 2. The van der Waals surface area contributed by atoms with Crippen LogP contribution >= 0.6 is 0 Å². The van der Waals surface area contributed by atoms with Crippen molar-refractivity contribution < 1.29 is 19.1 Å². The molecule has 0 fully saturated rings. The summed E-state index contributed by atoms with van der Waals surface area (Å²) in [4.78, 5) is 22.7. The van der Waals surface area contributed by atoms with Crippen LogP contribution in [0.1, 0.15) is 34.1 Å². The molecule has 0 aliphatic rings. The van der Waals surface area contributed by atoms with E-state index in [-0.39, 0.29) is 18.4 Å². The molecule has 0 saturated carbocycles. The Morgan fingerprint density at radius 3 is 2.39 bits per heavy atom. The minimum Gasteiger partial charge on any atom is -0.463 e. The third kappa shape index (κ3) is 8.75. The lowest BCUT2D eigenvalue weighted by Crippen LogP contribution is -2.31. The standard InChI is InChI=1S/C13H23NO4/c1-6-17-11(15)8-7-10(14-5)9-12(16)18-13(2,3)4/h7-8,10,14H,6,9H2,1-5H3/b8-7+/t10-/m1/s1. The van der Waals surface area contributed by atoms with E-state index >= 15 is 0 Å². The monoisotopic (exact) mass is 257 g/mol. The highest BCUT2D eigenvalue weighted by atomic mass is 16.6. The minimum atomic E-state index is -0.500. The normalized spacial score (nSPS) is 13.4. The van der Waals surface area contributed by atoms with E-state index in [0.29, 0.717) is 6.61 Å². The molecular weight excluding hydrogens is 234 g/mol. The third-order valence-corrected chi connectivity index (χ3v) is 1.93. The fraction of sp³-hybridized carbons (Fsp3) is 0.692. The first-order valence-corrected chi connectivity index (χ1v) is 6.02. The van der Waals surface area contributed by atoms with E-state index in [1.807, 2.05) is 20.8 Å². The number of likely N-dealkylation sites (N-methyl/N-ethyl adjacent to an activating group) is 1. The maximum Gasteiger partial charge on any atom is 0.330 e. The Kier molecular flexibility index (Phi) is 7.27. The predicted octanol–water partition coefficient (Wildman–Crippen LogP) is 1.43. The van der Waals surface area contributed by atoms with Crippen molar-refractivity contribution in [2.75, 3.05) is 13.7 Å². The van der Waals surface area contributed by atoms with Crippen molar-refractivity contribution >= 4 is 11.9 Å². The molecule has 104 valence electrons. The summed E-state index contributed by atoms with van der Waals surface area (Å²) in [5.41, 5.74) is -0.500. The number of esters is 2. The second kappa shape index (κ2) is 7.87. The van der Waals surface area contributed by atoms with Crippen LogP contribution in [0.2, 0.25) is 0 Å². The van der Waals surface area contributed by atoms with Gasteiger partial charge in [-0.3, -0.25) is 4.79 Å². The van der Waals surface area contributed by atoms with Crippen LogP contribution < -0.4 is 5.32 Å². The molecule has 0 bridgehead atoms. The molecule has 0 aromatic carbocycles. The summed E-state index contributed by atoms with van der Waals surface area (Å²) in [5, 5.41) is 2.92. The van der Waals surface area contributed by atoms with Gasteiger partial charge in [-0.15, -0.1) is 0 Å². The molecule has 0 aromatic rings. The van der Waals surface area contributed by atoms with Crippen LogP contribution in [-0.4, -0.2) is 37.2 Å². The molecule has 5 nitrogen and oxygen atoms in total. The maximum atomic E-state index is 11.6. The molecule has 5 heteroatoms. The predicted molar refractivity (Wildman–Crippen MR) is 69.1 cm³/mol. The highest BCUT2D eigenvalue weighted by Crippen LogP contribution is 2.09. The van der Waals surface area contributed by atoms with Gasteiger partial charge in [0.15, 0.2) is 0 Å². The fourth-order valence-corrected chi connectivity index (χ4v) is 1.21. The molecule has 18 heavy (non-hydrogen) atoms. The lowest BCUT2D eigenvalue weighted by Gasteiger charge is -2.21. The molecule has 0 aromatic heterocycles. The molecule has 0 aliphatic heterocycles. The van der Waals surface area contributed by atoms with Crippen LogP contribution in [-0.2, 0) is 19.1 Å². The quantitative estimate of drug-likeness (QED) is 0.576. The van der Waals surface area contributed by atoms with Crippen LogP contribution in [0, 0.1) is 0 Å². The summed E-state index contributed by atoms with van der Waals surface area (Å²) in [6.45, 7) is 7.51. The lowest BCUT2D eigenvalue weighted by molar-refractivity contribution is -0.155. The molecule has 0 saturated heterocycles. The Bertz CT molecular complexity index is 305. The second-order valence-electron chi connectivity index (χ2n) is 4.80. The molecule has 0 spiro atoms. The summed E-state index contributed by atoms with van der Waals surface area (Å²) in [6.07, 6.45) is 3.08. The van der Waals surface area contributed by atoms with Gasteiger partial charge in [0.05, 0.1) is 13.0 Å². The molecule has 0 amide bonds. The topological polar surface area (TPSA) is 64.6 Å². The van der Waals surface area contributed by atoms with Crippen molar-refractivity contribution in [1.29, 1.82) is 0 Å². The number of hydrogen-bond donors (Lipinski definition) is 1. The number of nitrogens with one attached hydrogen (secondary N) is 1. The van der Waals surface area contributed by atoms with Gasteiger partial charge < -0.3 is 14.8 Å². The van der Waals surface area contributed by atoms with Crippen LogP contribution in [0.3, 0.4) is 0 Å². The van der Waals surface area contributed by atoms with Crippen molar-refractivity contribution in [3.8, 4) is 0 Å². The maximum absolute atomic E-state index is 11.6. The second-order valence-corrected chi connectivity index (χ2v) is 4.80. The summed E-state index contributed by atoms with van der Waals surface area (Å²) in [6, 6.07) is -0.246. The third-order valence-electron chi connectivity index (χ3n) is 1.93. The first-order valence-electron chi connectivity index (χ1n) is 6.02. The van der Waals surface area contributed by atoms with Crippen LogP contribution in [0.25, 0.3) is 0 Å². The molecule has 0 aliphatic carbocycles. The van der Waals surface area contributed by atoms with Crippen molar-refractivity contribution in [3.05, 3.63) is 12.2 Å². The Labute approximate surface area is 109 Å². The number of carbonyl (C=O) groups excluding carboxylic acids is 2. The van der Waals surface area contributed by atoms with Crippen molar-refractivity contribution in [2.45, 2.75) is 45.8 Å². The van der Waals surface area contributed by atoms with Gasteiger partial charge in [0.25, 0.3) is 0 Å². The van der Waals surface area contributed by atoms with Gasteiger partial charge in [0.2, 0.25) is 0 Å². The summed E-state index contributed by atoms with van der Waals surface area (Å²) in [7, 11) is 1.71. The van der Waals surface area contributed by atoms with Crippen molar-refractivity contribution in [2.24, 2.45) is 0 Å². The highest BCUT2D eigenvalue weighted by Gasteiger charge is 2.18. The first-order chi connectivity index (χ1) is 8.28. The molecule has 0 radical (unpaired) electrons. The van der Waals surface area contributed by atoms with Crippen molar-refractivity contribution in [1.82, 2.24) is 5.32 Å². The largest absolute Gasteiger partial charge is 0.463 e. The Balaban J connectivity index is 4.27. The lowest BCUT2D eigenvalue weighted by atomic mass is 10.1. The summed E-state index contributed by atoms with van der Waals surface area (Å²) < 4.78 is 9.95. The van der Waals surface area contributed by atoms with E-state index in [0.717, 1.165) is 0 Å². The molecule has 0 rings (SSSR count).